The van der Waals surface area contributed by atoms with Crippen LogP contribution in [-0.4, -0.2) is 130 Å². The summed E-state index contributed by atoms with van der Waals surface area (Å²) in [5.41, 5.74) is 3.12. The fraction of sp³-hybridized carbons (Fsp3) is 0.704. The number of aliphatic hydroxyl groups is 2. The molecule has 2 aromatic rings. The van der Waals surface area contributed by atoms with Crippen molar-refractivity contribution in [2.24, 2.45) is 11.8 Å². The van der Waals surface area contributed by atoms with E-state index in [1.54, 1.807) is 0 Å². The number of rotatable bonds is 16. The molecule has 0 bridgehead atoms. The summed E-state index contributed by atoms with van der Waals surface area (Å²) in [5.74, 6) is -1.22. The standard InChI is InChI=1S/C54H78N4O8/c59-35-33-55(37-47(61)57-31-25-41-17-9-11-23-45(41)49(57)43-19-5-1-6-20-43)39-53(27-13-3-14-28-53)65-51(63)52(64)66-54(29-15-4-16-30-54)40-56(34-36-60)38-48(62)58-32-26-42-18-10-12-24-46(42)50(58)44-21-7-2-8-22-44/h9-12,17-18,23-24,43-44,49-50,59-60H,1-8,13-16,19-22,25-40H2. The SMILES string of the molecule is O=C(OC1(CN(CCO)CC(=O)N2CCc3ccccc3C2C2CCCCC2)CCCCC1)C(=O)OC1(CN(CCO)CC(=O)N2CCc3ccccc3C2C2CCCCC2)CCCCC1. The highest BCUT2D eigenvalue weighted by Gasteiger charge is 2.45. The zero-order chi connectivity index (χ0) is 45.9. The lowest BCUT2D eigenvalue weighted by Gasteiger charge is -2.45. The molecule has 2 unspecified atom stereocenters. The van der Waals surface area contributed by atoms with Crippen molar-refractivity contribution >= 4 is 23.8 Å². The van der Waals surface area contributed by atoms with Gasteiger partial charge in [0, 0.05) is 39.3 Å². The number of nitrogens with zero attached hydrogens (tertiary/aromatic N) is 4. The van der Waals surface area contributed by atoms with Gasteiger partial charge in [-0.25, -0.2) is 9.59 Å². The molecule has 66 heavy (non-hydrogen) atoms. The van der Waals surface area contributed by atoms with Crippen LogP contribution in [0.5, 0.6) is 0 Å². The molecule has 4 saturated carbocycles. The predicted molar refractivity (Wildman–Crippen MR) is 253 cm³/mol. The Kier molecular flexibility index (Phi) is 16.9. The maximum Gasteiger partial charge on any atom is 0.418 e. The quantitative estimate of drug-likeness (QED) is 0.129. The molecule has 0 aromatic heterocycles. The summed E-state index contributed by atoms with van der Waals surface area (Å²) >= 11 is 0. The average molecular weight is 911 g/mol. The van der Waals surface area contributed by atoms with Gasteiger partial charge in [-0.1, -0.05) is 99.9 Å². The van der Waals surface area contributed by atoms with Gasteiger partial charge < -0.3 is 29.5 Å². The van der Waals surface area contributed by atoms with E-state index in [-0.39, 0.29) is 76.4 Å². The number of aliphatic hydroxyl groups excluding tert-OH is 2. The number of esters is 2. The fourth-order valence-electron chi connectivity index (χ4n) is 13.2. The molecule has 2 aromatic carbocycles. The van der Waals surface area contributed by atoms with Crippen LogP contribution < -0.4 is 0 Å². The Balaban J connectivity index is 0.943. The number of amides is 2. The van der Waals surface area contributed by atoms with Crippen molar-refractivity contribution < 1.29 is 38.9 Å². The third-order valence-corrected chi connectivity index (χ3v) is 16.4. The molecule has 2 heterocycles. The Bertz CT molecular complexity index is 1800. The van der Waals surface area contributed by atoms with Crippen LogP contribution in [0.2, 0.25) is 0 Å². The molecular formula is C54H78N4O8. The van der Waals surface area contributed by atoms with Gasteiger partial charge in [-0.15, -0.1) is 0 Å². The van der Waals surface area contributed by atoms with Crippen molar-refractivity contribution in [2.45, 2.75) is 165 Å². The largest absolute Gasteiger partial charge is 0.449 e. The molecule has 6 aliphatic rings. The molecular weight excluding hydrogens is 833 g/mol. The normalized spacial score (nSPS) is 23.5. The van der Waals surface area contributed by atoms with E-state index >= 15 is 0 Å². The van der Waals surface area contributed by atoms with Gasteiger partial charge in [-0.3, -0.25) is 19.4 Å². The van der Waals surface area contributed by atoms with E-state index in [0.717, 1.165) is 77.0 Å². The predicted octanol–water partition coefficient (Wildman–Crippen LogP) is 7.48. The van der Waals surface area contributed by atoms with E-state index in [0.29, 0.717) is 50.6 Å². The highest BCUT2D eigenvalue weighted by molar-refractivity contribution is 6.30. The van der Waals surface area contributed by atoms with Crippen molar-refractivity contribution in [1.29, 1.82) is 0 Å². The number of fused-ring (bicyclic) bond motifs is 2. The first kappa shape index (κ1) is 48.6. The maximum atomic E-state index is 14.5. The Morgan fingerprint density at radius 1 is 0.530 bits per heavy atom. The van der Waals surface area contributed by atoms with Gasteiger partial charge in [0.2, 0.25) is 11.8 Å². The summed E-state index contributed by atoms with van der Waals surface area (Å²) in [7, 11) is 0. The molecule has 0 radical (unpaired) electrons. The molecule has 0 saturated heterocycles. The maximum absolute atomic E-state index is 14.5. The molecule has 12 nitrogen and oxygen atoms in total. The number of ether oxygens (including phenoxy) is 2. The van der Waals surface area contributed by atoms with Crippen LogP contribution in [0, 0.1) is 11.8 Å². The molecule has 4 fully saturated rings. The van der Waals surface area contributed by atoms with Crippen molar-refractivity contribution in [1.82, 2.24) is 19.6 Å². The second-order valence-corrected chi connectivity index (χ2v) is 20.9. The Hall–Kier alpha value is -3.84. The third kappa shape index (κ3) is 11.7. The summed E-state index contributed by atoms with van der Waals surface area (Å²) in [5, 5.41) is 20.6. The Morgan fingerprint density at radius 2 is 0.894 bits per heavy atom. The van der Waals surface area contributed by atoms with Crippen molar-refractivity contribution in [2.75, 3.05) is 65.6 Å². The highest BCUT2D eigenvalue weighted by atomic mass is 16.6. The number of benzene rings is 2. The van der Waals surface area contributed by atoms with Crippen LogP contribution >= 0.6 is 0 Å². The first-order valence-corrected chi connectivity index (χ1v) is 26.1. The van der Waals surface area contributed by atoms with Gasteiger partial charge in [-0.05, 0) is 124 Å². The van der Waals surface area contributed by atoms with Crippen molar-refractivity contribution in [3.8, 4) is 0 Å². The molecule has 2 aliphatic heterocycles. The van der Waals surface area contributed by atoms with Crippen LogP contribution in [0.25, 0.3) is 0 Å². The van der Waals surface area contributed by atoms with E-state index in [9.17, 15) is 29.4 Å². The van der Waals surface area contributed by atoms with Gasteiger partial charge in [0.25, 0.3) is 0 Å². The minimum Gasteiger partial charge on any atom is -0.449 e. The third-order valence-electron chi connectivity index (χ3n) is 16.4. The number of carbonyl (C=O) groups excluding carboxylic acids is 4. The minimum absolute atomic E-state index is 0.0185. The molecule has 2 atom stereocenters. The van der Waals surface area contributed by atoms with Gasteiger partial charge in [0.1, 0.15) is 11.2 Å². The lowest BCUT2D eigenvalue weighted by molar-refractivity contribution is -0.192. The molecule has 2 N–H and O–H groups in total. The Labute approximate surface area is 393 Å². The molecule has 0 spiro atoms. The van der Waals surface area contributed by atoms with Gasteiger partial charge in [-0.2, -0.15) is 0 Å². The lowest BCUT2D eigenvalue weighted by Crippen LogP contribution is -2.54. The van der Waals surface area contributed by atoms with Crippen molar-refractivity contribution in [3.05, 3.63) is 70.8 Å². The summed E-state index contributed by atoms with van der Waals surface area (Å²) in [6, 6.07) is 17.2. The topological polar surface area (TPSA) is 140 Å². The zero-order valence-electron chi connectivity index (χ0n) is 39.7. The smallest absolute Gasteiger partial charge is 0.418 e. The van der Waals surface area contributed by atoms with E-state index < -0.39 is 23.1 Å². The van der Waals surface area contributed by atoms with Gasteiger partial charge >= 0.3 is 11.9 Å². The van der Waals surface area contributed by atoms with Crippen LogP contribution in [0.3, 0.4) is 0 Å². The van der Waals surface area contributed by atoms with Gasteiger partial charge in [0.05, 0.1) is 38.4 Å². The summed E-state index contributed by atoms with van der Waals surface area (Å²) in [4.78, 5) is 65.2. The lowest BCUT2D eigenvalue weighted by atomic mass is 9.77. The van der Waals surface area contributed by atoms with Crippen LogP contribution in [-0.2, 0) is 41.5 Å². The summed E-state index contributed by atoms with van der Waals surface area (Å²) in [6.07, 6.45) is 20.6. The fourth-order valence-corrected chi connectivity index (χ4v) is 13.2. The van der Waals surface area contributed by atoms with Gasteiger partial charge in [0.15, 0.2) is 0 Å². The molecule has 12 heteroatoms. The van der Waals surface area contributed by atoms with E-state index in [4.69, 9.17) is 9.47 Å². The number of hydrogen-bond donors (Lipinski definition) is 2. The van der Waals surface area contributed by atoms with Crippen LogP contribution in [0.4, 0.5) is 0 Å². The van der Waals surface area contributed by atoms with Crippen LogP contribution in [0.1, 0.15) is 163 Å². The van der Waals surface area contributed by atoms with E-state index in [1.165, 1.54) is 60.8 Å². The van der Waals surface area contributed by atoms with E-state index in [2.05, 4.69) is 58.3 Å². The first-order chi connectivity index (χ1) is 32.2. The molecule has 4 aliphatic carbocycles. The Morgan fingerprint density at radius 3 is 1.27 bits per heavy atom. The zero-order valence-corrected chi connectivity index (χ0v) is 39.7. The highest BCUT2D eigenvalue weighted by Crippen LogP contribution is 2.44. The summed E-state index contributed by atoms with van der Waals surface area (Å²) in [6.45, 7) is 2.10. The summed E-state index contributed by atoms with van der Waals surface area (Å²) < 4.78 is 12.6. The second-order valence-electron chi connectivity index (χ2n) is 20.9. The van der Waals surface area contributed by atoms with Crippen LogP contribution in [0.15, 0.2) is 48.5 Å². The second kappa shape index (κ2) is 23.0. The monoisotopic (exact) mass is 911 g/mol. The first-order valence-electron chi connectivity index (χ1n) is 26.1. The van der Waals surface area contributed by atoms with E-state index in [1.807, 2.05) is 9.80 Å². The van der Waals surface area contributed by atoms with Crippen molar-refractivity contribution in [3.63, 3.8) is 0 Å². The molecule has 2 amide bonds. The minimum atomic E-state index is -1.03. The molecule has 362 valence electrons. The number of hydrogen-bond acceptors (Lipinski definition) is 10. The average Bonchev–Trinajstić information content (AvgIpc) is 3.34. The molecule has 8 rings (SSSR count). The number of carbonyl (C=O) groups is 4.